The van der Waals surface area contributed by atoms with Crippen LogP contribution in [0.2, 0.25) is 0 Å². The molecule has 0 aromatic rings. The van der Waals surface area contributed by atoms with E-state index < -0.39 is 5.41 Å². The van der Waals surface area contributed by atoms with E-state index in [4.69, 9.17) is 10.00 Å². The van der Waals surface area contributed by atoms with Gasteiger partial charge in [0.25, 0.3) is 0 Å². The van der Waals surface area contributed by atoms with Crippen LogP contribution in [-0.4, -0.2) is 18.4 Å². The van der Waals surface area contributed by atoms with Crippen molar-refractivity contribution in [2.24, 2.45) is 11.3 Å². The Bertz CT molecular complexity index is 325. The molecule has 1 saturated carbocycles. The topological polar surface area (TPSA) is 67.2 Å². The molecule has 1 heterocycles. The van der Waals surface area contributed by atoms with Crippen LogP contribution in [0.15, 0.2) is 0 Å². The number of rotatable bonds is 3. The summed E-state index contributed by atoms with van der Waals surface area (Å²) in [5.74, 6) is -0.663. The minimum atomic E-state index is -0.747. The molecule has 2 fully saturated rings. The van der Waals surface area contributed by atoms with Crippen molar-refractivity contribution in [3.05, 3.63) is 0 Å². The Hall–Kier alpha value is -1.37. The lowest BCUT2D eigenvalue weighted by atomic mass is 9.92. The predicted octanol–water partition coefficient (Wildman–Crippen LogP) is 0.812. The molecule has 14 heavy (non-hydrogen) atoms. The van der Waals surface area contributed by atoms with E-state index in [1.807, 2.05) is 6.07 Å². The lowest BCUT2D eigenvalue weighted by molar-refractivity contribution is -0.143. The highest BCUT2D eigenvalue weighted by molar-refractivity contribution is 5.93. The maximum atomic E-state index is 11.6. The van der Waals surface area contributed by atoms with Crippen LogP contribution in [0.4, 0.5) is 0 Å². The molecule has 4 nitrogen and oxygen atoms in total. The van der Waals surface area contributed by atoms with Gasteiger partial charge in [-0.3, -0.25) is 9.59 Å². The molecule has 74 valence electrons. The molecular weight excluding hydrogens is 182 g/mol. The molecule has 1 unspecified atom stereocenters. The average Bonchev–Trinajstić information content (AvgIpc) is 2.89. The van der Waals surface area contributed by atoms with E-state index in [2.05, 4.69) is 0 Å². The number of hydrogen-bond donors (Lipinski definition) is 0. The first-order valence-electron chi connectivity index (χ1n) is 4.79. The summed E-state index contributed by atoms with van der Waals surface area (Å²) >= 11 is 0. The molecule has 0 aromatic heterocycles. The summed E-state index contributed by atoms with van der Waals surface area (Å²) in [7, 11) is 0. The third kappa shape index (κ3) is 1.39. The summed E-state index contributed by atoms with van der Waals surface area (Å²) in [4.78, 5) is 22.7. The van der Waals surface area contributed by atoms with E-state index in [0.29, 0.717) is 25.9 Å². The van der Waals surface area contributed by atoms with Gasteiger partial charge in [-0.2, -0.15) is 5.26 Å². The molecule has 2 aliphatic rings. The first-order valence-corrected chi connectivity index (χ1v) is 4.79. The minimum Gasteiger partial charge on any atom is -0.465 e. The van der Waals surface area contributed by atoms with Gasteiger partial charge in [-0.05, 0) is 19.3 Å². The van der Waals surface area contributed by atoms with Crippen molar-refractivity contribution in [2.75, 3.05) is 6.61 Å². The van der Waals surface area contributed by atoms with Crippen molar-refractivity contribution in [1.82, 2.24) is 0 Å². The smallest absolute Gasteiger partial charge is 0.309 e. The molecule has 0 N–H and O–H groups in total. The quantitative estimate of drug-likeness (QED) is 0.622. The Morgan fingerprint density at radius 1 is 1.64 bits per heavy atom. The van der Waals surface area contributed by atoms with E-state index in [0.717, 1.165) is 0 Å². The van der Waals surface area contributed by atoms with E-state index >= 15 is 0 Å². The number of esters is 1. The summed E-state index contributed by atoms with van der Waals surface area (Å²) in [6.45, 7) is 0.413. The molecule has 0 aromatic carbocycles. The van der Waals surface area contributed by atoms with Crippen LogP contribution >= 0.6 is 0 Å². The molecular formula is C10H11NO3. The summed E-state index contributed by atoms with van der Waals surface area (Å²) in [5, 5.41) is 8.78. The minimum absolute atomic E-state index is 0.0798. The third-order valence-electron chi connectivity index (χ3n) is 2.97. The van der Waals surface area contributed by atoms with Crippen LogP contribution in [-0.2, 0) is 14.3 Å². The van der Waals surface area contributed by atoms with Crippen LogP contribution < -0.4 is 0 Å². The van der Waals surface area contributed by atoms with Crippen LogP contribution in [0.3, 0.4) is 0 Å². The van der Waals surface area contributed by atoms with Gasteiger partial charge in [-0.25, -0.2) is 0 Å². The number of carbonyl (C=O) groups excluding carboxylic acids is 2. The normalized spacial score (nSPS) is 27.9. The van der Waals surface area contributed by atoms with E-state index in [1.54, 1.807) is 0 Å². The lowest BCUT2D eigenvalue weighted by Gasteiger charge is -2.06. The second-order valence-electron chi connectivity index (χ2n) is 3.97. The number of ether oxygens (including phenoxy) is 1. The highest BCUT2D eigenvalue weighted by Gasteiger charge is 2.51. The maximum absolute atomic E-state index is 11.6. The molecule has 0 amide bonds. The fourth-order valence-corrected chi connectivity index (χ4v) is 1.72. The van der Waals surface area contributed by atoms with Crippen LogP contribution in [0.5, 0.6) is 0 Å². The molecule has 2 rings (SSSR count). The van der Waals surface area contributed by atoms with Crippen molar-refractivity contribution in [3.8, 4) is 6.07 Å². The van der Waals surface area contributed by atoms with Gasteiger partial charge in [0.2, 0.25) is 0 Å². The van der Waals surface area contributed by atoms with Crippen molar-refractivity contribution in [3.63, 3.8) is 0 Å². The SMILES string of the molecule is N#CC1(C(=O)CC2CCOC2=O)CC1. The number of hydrogen-bond acceptors (Lipinski definition) is 4. The zero-order chi connectivity index (χ0) is 10.2. The van der Waals surface area contributed by atoms with Crippen molar-refractivity contribution >= 4 is 11.8 Å². The largest absolute Gasteiger partial charge is 0.465 e. The number of cyclic esters (lactones) is 1. The van der Waals surface area contributed by atoms with Crippen molar-refractivity contribution < 1.29 is 14.3 Å². The monoisotopic (exact) mass is 193 g/mol. The summed E-state index contributed by atoms with van der Waals surface area (Å²) in [6, 6.07) is 2.04. The van der Waals surface area contributed by atoms with Gasteiger partial charge in [0, 0.05) is 6.42 Å². The highest BCUT2D eigenvalue weighted by Crippen LogP contribution is 2.47. The Morgan fingerprint density at radius 2 is 2.36 bits per heavy atom. The van der Waals surface area contributed by atoms with Gasteiger partial charge >= 0.3 is 5.97 Å². The number of Topliss-reactive ketones (excluding diaryl/α,β-unsaturated/α-hetero) is 1. The van der Waals surface area contributed by atoms with Gasteiger partial charge in [0.05, 0.1) is 18.6 Å². The molecule has 0 spiro atoms. The Kier molecular flexibility index (Phi) is 2.03. The zero-order valence-corrected chi connectivity index (χ0v) is 7.78. The molecule has 1 atom stereocenters. The molecule has 1 aliphatic carbocycles. The Labute approximate surface area is 81.8 Å². The summed E-state index contributed by atoms with van der Waals surface area (Å²) in [5.41, 5.74) is -0.747. The van der Waals surface area contributed by atoms with Gasteiger partial charge < -0.3 is 4.74 Å². The van der Waals surface area contributed by atoms with Gasteiger partial charge in [-0.15, -0.1) is 0 Å². The number of nitrogens with zero attached hydrogens (tertiary/aromatic N) is 1. The fourth-order valence-electron chi connectivity index (χ4n) is 1.72. The van der Waals surface area contributed by atoms with Crippen LogP contribution in [0, 0.1) is 22.7 Å². The summed E-state index contributed by atoms with van der Waals surface area (Å²) in [6.07, 6.45) is 2.12. The van der Waals surface area contributed by atoms with Crippen LogP contribution in [0.25, 0.3) is 0 Å². The first kappa shape index (κ1) is 9.20. The number of nitriles is 1. The first-order chi connectivity index (χ1) is 6.68. The Morgan fingerprint density at radius 3 is 2.79 bits per heavy atom. The number of ketones is 1. The molecule has 4 heteroatoms. The number of carbonyl (C=O) groups is 2. The van der Waals surface area contributed by atoms with Gasteiger partial charge in [-0.1, -0.05) is 0 Å². The van der Waals surface area contributed by atoms with E-state index in [1.165, 1.54) is 0 Å². The average molecular weight is 193 g/mol. The molecule has 0 radical (unpaired) electrons. The third-order valence-corrected chi connectivity index (χ3v) is 2.97. The standard InChI is InChI=1S/C10H11NO3/c11-6-10(2-3-10)8(12)5-7-1-4-14-9(7)13/h7H,1-5H2. The molecule has 1 aliphatic heterocycles. The fraction of sp³-hybridized carbons (Fsp3) is 0.700. The summed E-state index contributed by atoms with van der Waals surface area (Å²) < 4.78 is 4.76. The van der Waals surface area contributed by atoms with Crippen molar-refractivity contribution in [1.29, 1.82) is 5.26 Å². The molecule has 0 bridgehead atoms. The second-order valence-corrected chi connectivity index (χ2v) is 3.97. The lowest BCUT2D eigenvalue weighted by Crippen LogP contribution is -2.20. The van der Waals surface area contributed by atoms with E-state index in [9.17, 15) is 9.59 Å². The van der Waals surface area contributed by atoms with E-state index in [-0.39, 0.29) is 24.1 Å². The van der Waals surface area contributed by atoms with Crippen molar-refractivity contribution in [2.45, 2.75) is 25.7 Å². The van der Waals surface area contributed by atoms with Crippen LogP contribution in [0.1, 0.15) is 25.7 Å². The second kappa shape index (κ2) is 3.09. The zero-order valence-electron chi connectivity index (χ0n) is 7.78. The highest BCUT2D eigenvalue weighted by atomic mass is 16.5. The Balaban J connectivity index is 1.95. The predicted molar refractivity (Wildman–Crippen MR) is 46.0 cm³/mol. The van der Waals surface area contributed by atoms with Gasteiger partial charge in [0.1, 0.15) is 5.41 Å². The van der Waals surface area contributed by atoms with Gasteiger partial charge in [0.15, 0.2) is 5.78 Å². The molecule has 1 saturated heterocycles. The maximum Gasteiger partial charge on any atom is 0.309 e.